The maximum Gasteiger partial charge on any atom is 0.328 e. The van der Waals surface area contributed by atoms with Crippen LogP contribution in [0.1, 0.15) is 22.3 Å². The normalized spacial score (nSPS) is 12.3. The van der Waals surface area contributed by atoms with Gasteiger partial charge in [-0.3, -0.25) is 4.79 Å². The second-order valence-corrected chi connectivity index (χ2v) is 6.11. The molecule has 0 heterocycles. The number of carbonyl (C=O) groups is 3. The van der Waals surface area contributed by atoms with E-state index >= 15 is 0 Å². The lowest BCUT2D eigenvalue weighted by atomic mass is 9.96. The van der Waals surface area contributed by atoms with Gasteiger partial charge in [-0.05, 0) is 35.9 Å². The van der Waals surface area contributed by atoms with Gasteiger partial charge in [0.2, 0.25) is 0 Å². The lowest BCUT2D eigenvalue weighted by Crippen LogP contribution is -2.41. The Morgan fingerprint density at radius 1 is 1.07 bits per heavy atom. The first-order chi connectivity index (χ1) is 12.8. The minimum absolute atomic E-state index is 0.185. The van der Waals surface area contributed by atoms with Gasteiger partial charge < -0.3 is 21.3 Å². The first kappa shape index (κ1) is 20.0. The van der Waals surface area contributed by atoms with Crippen LogP contribution < -0.4 is 11.1 Å². The van der Waals surface area contributed by atoms with E-state index in [1.165, 1.54) is 24.3 Å². The van der Waals surface area contributed by atoms with Crippen LogP contribution in [0.2, 0.25) is 5.02 Å². The Bertz CT molecular complexity index is 893. The van der Waals surface area contributed by atoms with Crippen molar-refractivity contribution in [1.82, 2.24) is 5.32 Å². The molecule has 0 spiro atoms. The molecular weight excluding hydrogens is 372 g/mol. The van der Waals surface area contributed by atoms with Crippen molar-refractivity contribution in [3.05, 3.63) is 70.8 Å². The molecule has 0 bridgehead atoms. The molecule has 0 aliphatic rings. The molecule has 8 heteroatoms. The van der Waals surface area contributed by atoms with Crippen molar-refractivity contribution in [3.8, 4) is 0 Å². The van der Waals surface area contributed by atoms with Crippen molar-refractivity contribution >= 4 is 40.7 Å². The number of hydrogen-bond donors (Lipinski definition) is 4. The summed E-state index contributed by atoms with van der Waals surface area (Å²) in [6, 6.07) is 11.1. The maximum atomic E-state index is 12.3. The zero-order valence-corrected chi connectivity index (χ0v) is 14.8. The summed E-state index contributed by atoms with van der Waals surface area (Å²) in [6.45, 7) is 0. The molecule has 0 aliphatic heterocycles. The number of anilines is 1. The van der Waals surface area contributed by atoms with E-state index in [9.17, 15) is 19.5 Å². The number of para-hydroxylation sites is 1. The molecule has 2 aromatic rings. The Labute approximate surface area is 160 Å². The number of hydrogen-bond acceptors (Lipinski definition) is 4. The average Bonchev–Trinajstić information content (AvgIpc) is 2.61. The SMILES string of the molecule is Nc1ccccc1/C(=C\C(=O)O)CC(NC(=O)c1ccc(Cl)cc1)C(=O)O. The van der Waals surface area contributed by atoms with Crippen LogP contribution in [0, 0.1) is 0 Å². The van der Waals surface area contributed by atoms with Crippen LogP contribution in [0.5, 0.6) is 0 Å². The summed E-state index contributed by atoms with van der Waals surface area (Å²) in [7, 11) is 0. The van der Waals surface area contributed by atoms with E-state index in [4.69, 9.17) is 22.4 Å². The molecule has 0 aromatic heterocycles. The summed E-state index contributed by atoms with van der Waals surface area (Å²) in [5, 5.41) is 21.4. The molecule has 7 nitrogen and oxygen atoms in total. The monoisotopic (exact) mass is 388 g/mol. The van der Waals surface area contributed by atoms with E-state index in [-0.39, 0.29) is 17.6 Å². The quantitative estimate of drug-likeness (QED) is 0.426. The number of nitrogen functional groups attached to an aromatic ring is 1. The van der Waals surface area contributed by atoms with Gasteiger partial charge in [0.05, 0.1) is 0 Å². The number of carboxylic acids is 2. The topological polar surface area (TPSA) is 130 Å². The van der Waals surface area contributed by atoms with Crippen molar-refractivity contribution in [2.75, 3.05) is 5.73 Å². The summed E-state index contributed by atoms with van der Waals surface area (Å²) >= 11 is 5.77. The van der Waals surface area contributed by atoms with Gasteiger partial charge in [-0.15, -0.1) is 0 Å². The molecule has 2 rings (SSSR count). The third-order valence-electron chi connectivity index (χ3n) is 3.74. The number of aliphatic carboxylic acids is 2. The van der Waals surface area contributed by atoms with Crippen molar-refractivity contribution in [3.63, 3.8) is 0 Å². The Morgan fingerprint density at radius 2 is 1.70 bits per heavy atom. The third-order valence-corrected chi connectivity index (χ3v) is 3.99. The Balaban J connectivity index is 2.28. The predicted molar refractivity (Wildman–Crippen MR) is 101 cm³/mol. The molecule has 140 valence electrons. The van der Waals surface area contributed by atoms with Gasteiger partial charge in [-0.1, -0.05) is 29.8 Å². The van der Waals surface area contributed by atoms with Crippen molar-refractivity contribution < 1.29 is 24.6 Å². The van der Waals surface area contributed by atoms with E-state index in [2.05, 4.69) is 5.32 Å². The summed E-state index contributed by atoms with van der Waals surface area (Å²) < 4.78 is 0. The van der Waals surface area contributed by atoms with Crippen LogP contribution in [-0.2, 0) is 9.59 Å². The molecule has 0 aliphatic carbocycles. The van der Waals surface area contributed by atoms with Crippen molar-refractivity contribution in [2.24, 2.45) is 0 Å². The highest BCUT2D eigenvalue weighted by molar-refractivity contribution is 6.30. The summed E-state index contributed by atoms with van der Waals surface area (Å²) in [6.07, 6.45) is 0.630. The van der Waals surface area contributed by atoms with Crippen molar-refractivity contribution in [1.29, 1.82) is 0 Å². The molecule has 5 N–H and O–H groups in total. The molecule has 1 amide bonds. The number of carboxylic acid groups (broad SMARTS) is 2. The Kier molecular flexibility index (Phi) is 6.56. The molecule has 0 fully saturated rings. The van der Waals surface area contributed by atoms with Crippen LogP contribution in [0.3, 0.4) is 0 Å². The molecule has 0 saturated carbocycles. The number of nitrogens with two attached hydrogens (primary N) is 1. The zero-order valence-electron chi connectivity index (χ0n) is 14.1. The van der Waals surface area contributed by atoms with Crippen LogP contribution in [0.15, 0.2) is 54.6 Å². The summed E-state index contributed by atoms with van der Waals surface area (Å²) in [5.74, 6) is -3.17. The van der Waals surface area contributed by atoms with Crippen molar-refractivity contribution in [2.45, 2.75) is 12.5 Å². The molecule has 2 aromatic carbocycles. The second kappa shape index (κ2) is 8.86. The molecular formula is C19H17ClN2O5. The lowest BCUT2D eigenvalue weighted by Gasteiger charge is -2.17. The van der Waals surface area contributed by atoms with Gasteiger partial charge in [0.25, 0.3) is 5.91 Å². The number of amides is 1. The first-order valence-corrected chi connectivity index (χ1v) is 8.23. The Morgan fingerprint density at radius 3 is 2.26 bits per heavy atom. The van der Waals surface area contributed by atoms with E-state index in [0.717, 1.165) is 6.08 Å². The fraction of sp³-hybridized carbons (Fsp3) is 0.105. The maximum absolute atomic E-state index is 12.3. The van der Waals surface area contributed by atoms with Gasteiger partial charge in [-0.25, -0.2) is 9.59 Å². The molecule has 27 heavy (non-hydrogen) atoms. The fourth-order valence-corrected chi connectivity index (χ4v) is 2.57. The highest BCUT2D eigenvalue weighted by atomic mass is 35.5. The number of carbonyl (C=O) groups excluding carboxylic acids is 1. The summed E-state index contributed by atoms with van der Waals surface area (Å²) in [5.41, 5.74) is 6.99. The minimum atomic E-state index is -1.35. The first-order valence-electron chi connectivity index (χ1n) is 7.85. The average molecular weight is 389 g/mol. The molecule has 1 unspecified atom stereocenters. The number of nitrogens with one attached hydrogen (secondary N) is 1. The van der Waals surface area contributed by atoms with Gasteiger partial charge in [0.15, 0.2) is 0 Å². The van der Waals surface area contributed by atoms with Gasteiger partial charge in [0.1, 0.15) is 6.04 Å². The highest BCUT2D eigenvalue weighted by Gasteiger charge is 2.24. The Hall–Kier alpha value is -3.32. The van der Waals surface area contributed by atoms with E-state index in [1.807, 2.05) is 0 Å². The van der Waals surface area contributed by atoms with Crippen LogP contribution >= 0.6 is 11.6 Å². The van der Waals surface area contributed by atoms with E-state index in [0.29, 0.717) is 16.3 Å². The predicted octanol–water partition coefficient (Wildman–Crippen LogP) is 2.66. The van der Waals surface area contributed by atoms with Crippen LogP contribution in [0.4, 0.5) is 5.69 Å². The number of halogens is 1. The van der Waals surface area contributed by atoms with Gasteiger partial charge in [-0.2, -0.15) is 0 Å². The van der Waals surface area contributed by atoms with Gasteiger partial charge >= 0.3 is 11.9 Å². The number of rotatable bonds is 7. The standard InChI is InChI=1S/C19H17ClN2O5/c20-13-7-5-11(6-8-13)18(25)22-16(19(26)27)9-12(10-17(23)24)14-3-1-2-4-15(14)21/h1-8,10,16H,9,21H2,(H,22,25)(H,23,24)(H,26,27)/b12-10-. The lowest BCUT2D eigenvalue weighted by molar-refractivity contribution is -0.139. The summed E-state index contributed by atoms with van der Waals surface area (Å²) in [4.78, 5) is 35.1. The van der Waals surface area contributed by atoms with E-state index in [1.54, 1.807) is 24.3 Å². The van der Waals surface area contributed by atoms with Gasteiger partial charge in [0, 0.05) is 34.3 Å². The third kappa shape index (κ3) is 5.58. The number of benzene rings is 2. The second-order valence-electron chi connectivity index (χ2n) is 5.67. The van der Waals surface area contributed by atoms with E-state index < -0.39 is 23.9 Å². The van der Waals surface area contributed by atoms with Crippen LogP contribution in [-0.4, -0.2) is 34.1 Å². The largest absolute Gasteiger partial charge is 0.480 e. The molecule has 0 radical (unpaired) electrons. The minimum Gasteiger partial charge on any atom is -0.480 e. The molecule has 1 atom stereocenters. The zero-order chi connectivity index (χ0) is 20.0. The highest BCUT2D eigenvalue weighted by Crippen LogP contribution is 2.25. The molecule has 0 saturated heterocycles. The fourth-order valence-electron chi connectivity index (χ4n) is 2.45. The van der Waals surface area contributed by atoms with Crippen LogP contribution in [0.25, 0.3) is 5.57 Å². The smallest absolute Gasteiger partial charge is 0.328 e.